The van der Waals surface area contributed by atoms with Crippen LogP contribution in [0.3, 0.4) is 0 Å². The van der Waals surface area contributed by atoms with E-state index in [2.05, 4.69) is 4.90 Å². The van der Waals surface area contributed by atoms with Crippen molar-refractivity contribution in [3.8, 4) is 0 Å². The summed E-state index contributed by atoms with van der Waals surface area (Å²) in [6.45, 7) is 3.05. The molecule has 0 bridgehead atoms. The van der Waals surface area contributed by atoms with Crippen LogP contribution in [0.25, 0.3) is 0 Å². The summed E-state index contributed by atoms with van der Waals surface area (Å²) in [6, 6.07) is 14.0. The van der Waals surface area contributed by atoms with Crippen molar-refractivity contribution in [1.29, 1.82) is 0 Å². The highest BCUT2D eigenvalue weighted by atomic mass is 35.5. The zero-order valence-corrected chi connectivity index (χ0v) is 17.0. The Morgan fingerprint density at radius 1 is 1.00 bits per heavy atom. The van der Waals surface area contributed by atoms with Gasteiger partial charge < -0.3 is 10.0 Å². The minimum atomic E-state index is -3.62. The fraction of sp³-hybridized carbons (Fsp3) is 0.350. The molecule has 28 heavy (non-hydrogen) atoms. The average Bonchev–Trinajstić information content (AvgIpc) is 2.67. The number of halogens is 1. The molecule has 1 heterocycles. The van der Waals surface area contributed by atoms with Crippen LogP contribution in [0, 0.1) is 0 Å². The number of carboxylic acid groups (broad SMARTS) is 1. The first-order valence-electron chi connectivity index (χ1n) is 9.12. The van der Waals surface area contributed by atoms with Crippen LogP contribution < -0.4 is 0 Å². The van der Waals surface area contributed by atoms with Gasteiger partial charge in [0.1, 0.15) is 0 Å². The summed E-state index contributed by atoms with van der Waals surface area (Å²) in [6.07, 6.45) is 0.697. The number of piperazine rings is 1. The van der Waals surface area contributed by atoms with E-state index in [0.717, 1.165) is 18.0 Å². The van der Waals surface area contributed by atoms with E-state index < -0.39 is 16.0 Å². The number of sulfonamides is 1. The van der Waals surface area contributed by atoms with E-state index in [1.54, 1.807) is 12.1 Å². The monoisotopic (exact) mass is 422 g/mol. The molecule has 150 valence electrons. The van der Waals surface area contributed by atoms with Crippen molar-refractivity contribution in [1.82, 2.24) is 9.21 Å². The van der Waals surface area contributed by atoms with Gasteiger partial charge in [-0.2, -0.15) is 4.31 Å². The summed E-state index contributed by atoms with van der Waals surface area (Å²) in [7, 11) is -3.62. The van der Waals surface area contributed by atoms with Gasteiger partial charge in [-0.25, -0.2) is 8.42 Å². The number of nitrogens with zero attached hydrogens (tertiary/aromatic N) is 2. The smallest absolute Gasteiger partial charge is 0.307 e. The maximum Gasteiger partial charge on any atom is 0.307 e. The molecule has 8 heteroatoms. The summed E-state index contributed by atoms with van der Waals surface area (Å²) in [5.74, 6) is -0.983. The molecular weight excluding hydrogens is 400 g/mol. The maximum atomic E-state index is 12.9. The lowest BCUT2D eigenvalue weighted by Crippen LogP contribution is -2.49. The summed E-state index contributed by atoms with van der Waals surface area (Å²) >= 11 is 5.90. The van der Waals surface area contributed by atoms with E-state index in [1.807, 2.05) is 24.3 Å². The maximum absolute atomic E-state index is 12.9. The third-order valence-electron chi connectivity index (χ3n) is 4.85. The van der Waals surface area contributed by atoms with Gasteiger partial charge in [0.2, 0.25) is 10.0 Å². The third-order valence-corrected chi connectivity index (χ3v) is 7.00. The minimum Gasteiger partial charge on any atom is -0.481 e. The number of hydrogen-bond acceptors (Lipinski definition) is 4. The lowest BCUT2D eigenvalue weighted by Gasteiger charge is -2.34. The predicted octanol–water partition coefficient (Wildman–Crippen LogP) is 2.52. The van der Waals surface area contributed by atoms with Crippen LogP contribution in [0.1, 0.15) is 11.1 Å². The van der Waals surface area contributed by atoms with Crippen LogP contribution in [-0.4, -0.2) is 61.4 Å². The van der Waals surface area contributed by atoms with Gasteiger partial charge in [0.15, 0.2) is 0 Å². The van der Waals surface area contributed by atoms with Crippen molar-refractivity contribution in [3.63, 3.8) is 0 Å². The first-order valence-corrected chi connectivity index (χ1v) is 10.9. The Labute approximate surface area is 170 Å². The molecule has 3 rings (SSSR count). The van der Waals surface area contributed by atoms with E-state index in [9.17, 15) is 13.2 Å². The van der Waals surface area contributed by atoms with E-state index in [0.29, 0.717) is 31.7 Å². The van der Waals surface area contributed by atoms with Crippen molar-refractivity contribution < 1.29 is 18.3 Å². The Morgan fingerprint density at radius 2 is 1.68 bits per heavy atom. The van der Waals surface area contributed by atoms with Gasteiger partial charge in [0, 0.05) is 37.7 Å². The molecule has 0 amide bonds. The Hall–Kier alpha value is -1.93. The molecule has 6 nitrogen and oxygen atoms in total. The average molecular weight is 423 g/mol. The molecule has 1 saturated heterocycles. The Balaban J connectivity index is 1.57. The van der Waals surface area contributed by atoms with Crippen LogP contribution in [0.2, 0.25) is 5.02 Å². The van der Waals surface area contributed by atoms with Crippen molar-refractivity contribution in [2.45, 2.75) is 17.7 Å². The number of benzene rings is 2. The van der Waals surface area contributed by atoms with Crippen molar-refractivity contribution in [2.75, 3.05) is 32.7 Å². The second kappa shape index (κ2) is 9.05. The van der Waals surface area contributed by atoms with Gasteiger partial charge in [0.25, 0.3) is 0 Å². The first kappa shape index (κ1) is 20.8. The summed E-state index contributed by atoms with van der Waals surface area (Å²) < 4.78 is 27.3. The van der Waals surface area contributed by atoms with Gasteiger partial charge in [-0.3, -0.25) is 4.79 Å². The van der Waals surface area contributed by atoms with E-state index in [-0.39, 0.29) is 11.3 Å². The van der Waals surface area contributed by atoms with Gasteiger partial charge >= 0.3 is 5.97 Å². The minimum absolute atomic E-state index is 0.154. The Kier molecular flexibility index (Phi) is 6.72. The van der Waals surface area contributed by atoms with Crippen LogP contribution in [0.5, 0.6) is 0 Å². The molecule has 0 radical (unpaired) electrons. The van der Waals surface area contributed by atoms with Crippen molar-refractivity contribution in [2.24, 2.45) is 0 Å². The molecule has 1 fully saturated rings. The fourth-order valence-corrected chi connectivity index (χ4v) is 4.89. The number of rotatable bonds is 7. The number of carboxylic acids is 1. The topological polar surface area (TPSA) is 77.9 Å². The highest BCUT2D eigenvalue weighted by Crippen LogP contribution is 2.19. The quantitative estimate of drug-likeness (QED) is 0.741. The highest BCUT2D eigenvalue weighted by molar-refractivity contribution is 7.89. The van der Waals surface area contributed by atoms with Crippen LogP contribution in [0.15, 0.2) is 53.4 Å². The van der Waals surface area contributed by atoms with Crippen molar-refractivity contribution in [3.05, 3.63) is 64.7 Å². The summed E-state index contributed by atoms with van der Waals surface area (Å²) in [5.41, 5.74) is 1.69. The summed E-state index contributed by atoms with van der Waals surface area (Å²) in [4.78, 5) is 13.3. The second-order valence-electron chi connectivity index (χ2n) is 6.84. The SMILES string of the molecule is O=C(O)Cc1cccc(S(=O)(=O)N2CCN(CCc3ccc(Cl)cc3)CC2)c1. The zero-order valence-electron chi connectivity index (χ0n) is 15.4. The van der Waals surface area contributed by atoms with Crippen LogP contribution >= 0.6 is 11.6 Å². The second-order valence-corrected chi connectivity index (χ2v) is 9.21. The molecule has 2 aromatic rings. The molecule has 0 aromatic heterocycles. The van der Waals surface area contributed by atoms with E-state index in [1.165, 1.54) is 22.0 Å². The molecule has 0 aliphatic carbocycles. The molecule has 0 atom stereocenters. The molecule has 1 aliphatic rings. The highest BCUT2D eigenvalue weighted by Gasteiger charge is 2.28. The molecule has 1 N–H and O–H groups in total. The molecule has 2 aromatic carbocycles. The van der Waals surface area contributed by atoms with Gasteiger partial charge in [-0.05, 0) is 41.8 Å². The Bertz CT molecular complexity index is 923. The van der Waals surface area contributed by atoms with E-state index in [4.69, 9.17) is 16.7 Å². The van der Waals surface area contributed by atoms with E-state index >= 15 is 0 Å². The number of carbonyl (C=O) groups is 1. The largest absolute Gasteiger partial charge is 0.481 e. The standard InChI is InChI=1S/C20H23ClN2O4S/c21-18-6-4-16(5-7-18)8-9-22-10-12-23(13-11-22)28(26,27)19-3-1-2-17(14-19)15-20(24)25/h1-7,14H,8-13,15H2,(H,24,25). The molecule has 1 aliphatic heterocycles. The van der Waals surface area contributed by atoms with Gasteiger partial charge in [-0.15, -0.1) is 0 Å². The predicted molar refractivity (Wildman–Crippen MR) is 108 cm³/mol. The first-order chi connectivity index (χ1) is 13.3. The third kappa shape index (κ3) is 5.32. The van der Waals surface area contributed by atoms with Crippen molar-refractivity contribution >= 4 is 27.6 Å². The van der Waals surface area contributed by atoms with Crippen LogP contribution in [-0.2, 0) is 27.7 Å². The van der Waals surface area contributed by atoms with Gasteiger partial charge in [-0.1, -0.05) is 35.9 Å². The summed E-state index contributed by atoms with van der Waals surface area (Å²) in [5, 5.41) is 9.63. The van der Waals surface area contributed by atoms with Gasteiger partial charge in [0.05, 0.1) is 11.3 Å². The molecule has 0 saturated carbocycles. The number of hydrogen-bond donors (Lipinski definition) is 1. The number of aliphatic carboxylic acids is 1. The fourth-order valence-electron chi connectivity index (χ4n) is 3.27. The zero-order chi connectivity index (χ0) is 20.1. The van der Waals surface area contributed by atoms with Crippen LogP contribution in [0.4, 0.5) is 0 Å². The normalized spacial score (nSPS) is 16.2. The molecule has 0 unspecified atom stereocenters. The lowest BCUT2D eigenvalue weighted by molar-refractivity contribution is -0.136. The Morgan fingerprint density at radius 3 is 2.32 bits per heavy atom. The lowest BCUT2D eigenvalue weighted by atomic mass is 10.1. The molecular formula is C20H23ClN2O4S. The molecule has 0 spiro atoms.